The van der Waals surface area contributed by atoms with Gasteiger partial charge < -0.3 is 9.73 Å². The van der Waals surface area contributed by atoms with Gasteiger partial charge in [-0.05, 0) is 43.3 Å². The second-order valence-corrected chi connectivity index (χ2v) is 6.41. The van der Waals surface area contributed by atoms with Crippen LogP contribution in [0.4, 0.5) is 5.69 Å². The van der Waals surface area contributed by atoms with Crippen LogP contribution in [0, 0.1) is 6.92 Å². The summed E-state index contributed by atoms with van der Waals surface area (Å²) >= 11 is 0. The summed E-state index contributed by atoms with van der Waals surface area (Å²) in [7, 11) is 0. The van der Waals surface area contributed by atoms with Gasteiger partial charge in [0.05, 0.1) is 12.0 Å². The number of nitrogens with zero attached hydrogens (tertiary/aromatic N) is 5. The van der Waals surface area contributed by atoms with Crippen LogP contribution in [0.2, 0.25) is 0 Å². The normalized spacial score (nSPS) is 11.1. The number of carbonyl (C=O) groups is 1. The lowest BCUT2D eigenvalue weighted by molar-refractivity contribution is 0.102. The second-order valence-electron chi connectivity index (χ2n) is 6.41. The molecule has 0 aliphatic heterocycles. The predicted octanol–water partition coefficient (Wildman–Crippen LogP) is 3.34. The summed E-state index contributed by atoms with van der Waals surface area (Å²) in [5, 5.41) is 22.3. The molecule has 0 spiro atoms. The molecule has 0 unspecified atom stereocenters. The molecule has 0 fully saturated rings. The fraction of sp³-hybridized carbons (Fsp3) is 0.0500. The Bertz CT molecular complexity index is 1300. The van der Waals surface area contributed by atoms with E-state index in [2.05, 4.69) is 30.8 Å². The first kappa shape index (κ1) is 16.9. The number of aromatic amines is 1. The van der Waals surface area contributed by atoms with Gasteiger partial charge in [0.1, 0.15) is 5.69 Å². The van der Waals surface area contributed by atoms with Crippen LogP contribution in [0.15, 0.2) is 65.3 Å². The van der Waals surface area contributed by atoms with Gasteiger partial charge in [-0.2, -0.15) is 14.7 Å². The third-order valence-corrected chi connectivity index (χ3v) is 4.45. The average molecular weight is 385 g/mol. The highest BCUT2D eigenvalue weighted by Crippen LogP contribution is 2.21. The number of anilines is 1. The minimum Gasteiger partial charge on any atom is -0.463 e. The molecule has 0 aliphatic rings. The second kappa shape index (κ2) is 6.71. The van der Waals surface area contributed by atoms with Gasteiger partial charge in [0.15, 0.2) is 22.9 Å². The molecule has 1 aromatic carbocycles. The molecule has 4 aromatic heterocycles. The number of rotatable bonds is 4. The molecule has 0 bridgehead atoms. The van der Waals surface area contributed by atoms with Crippen molar-refractivity contribution in [1.29, 1.82) is 0 Å². The highest BCUT2D eigenvalue weighted by Gasteiger charge is 2.13. The zero-order valence-electron chi connectivity index (χ0n) is 15.3. The maximum atomic E-state index is 12.5. The molecule has 142 valence electrons. The summed E-state index contributed by atoms with van der Waals surface area (Å²) in [6, 6.07) is 16.4. The quantitative estimate of drug-likeness (QED) is 0.490. The molecule has 9 nitrogen and oxygen atoms in total. The Labute approximate surface area is 164 Å². The zero-order valence-corrected chi connectivity index (χ0v) is 15.3. The van der Waals surface area contributed by atoms with Crippen LogP contribution in [-0.4, -0.2) is 35.9 Å². The number of benzene rings is 1. The number of hydrogen-bond donors (Lipinski definition) is 2. The van der Waals surface area contributed by atoms with Crippen LogP contribution >= 0.6 is 0 Å². The smallest absolute Gasteiger partial charge is 0.276 e. The van der Waals surface area contributed by atoms with Gasteiger partial charge in [-0.25, -0.2) is 0 Å². The monoisotopic (exact) mass is 385 g/mol. The molecular weight excluding hydrogens is 370 g/mol. The molecule has 0 saturated heterocycles. The third-order valence-electron chi connectivity index (χ3n) is 4.45. The number of aryl methyl sites for hydroxylation is 1. The van der Waals surface area contributed by atoms with Crippen molar-refractivity contribution in [3.05, 3.63) is 72.4 Å². The molecule has 0 aliphatic carbocycles. The molecular formula is C20H15N7O2. The van der Waals surface area contributed by atoms with E-state index in [1.54, 1.807) is 29.0 Å². The molecule has 1 amide bonds. The van der Waals surface area contributed by atoms with Crippen molar-refractivity contribution in [3.8, 4) is 22.7 Å². The molecule has 5 aromatic rings. The van der Waals surface area contributed by atoms with E-state index in [9.17, 15) is 4.79 Å². The van der Waals surface area contributed by atoms with Crippen molar-refractivity contribution in [1.82, 2.24) is 30.0 Å². The molecule has 0 atom stereocenters. The van der Waals surface area contributed by atoms with Gasteiger partial charge in [-0.1, -0.05) is 12.1 Å². The van der Waals surface area contributed by atoms with E-state index in [1.165, 1.54) is 0 Å². The van der Waals surface area contributed by atoms with Gasteiger partial charge in [0.25, 0.3) is 5.91 Å². The number of fused-ring (bicyclic) bond motifs is 1. The number of furan rings is 1. The zero-order chi connectivity index (χ0) is 19.8. The fourth-order valence-corrected chi connectivity index (χ4v) is 2.97. The highest BCUT2D eigenvalue weighted by molar-refractivity contribution is 6.03. The summed E-state index contributed by atoms with van der Waals surface area (Å²) in [6.07, 6.45) is 1.56. The van der Waals surface area contributed by atoms with E-state index in [0.717, 1.165) is 17.1 Å². The number of nitrogens with one attached hydrogen (secondary N) is 2. The Morgan fingerprint density at radius 3 is 2.76 bits per heavy atom. The van der Waals surface area contributed by atoms with E-state index < -0.39 is 0 Å². The van der Waals surface area contributed by atoms with E-state index >= 15 is 0 Å². The van der Waals surface area contributed by atoms with Gasteiger partial charge in [-0.3, -0.25) is 9.89 Å². The Kier molecular flexibility index (Phi) is 3.91. The third kappa shape index (κ3) is 3.14. The first-order valence-corrected chi connectivity index (χ1v) is 8.87. The van der Waals surface area contributed by atoms with Crippen molar-refractivity contribution in [2.45, 2.75) is 6.92 Å². The average Bonchev–Trinajstić information content (AvgIpc) is 3.49. The summed E-state index contributed by atoms with van der Waals surface area (Å²) < 4.78 is 6.99. The lowest BCUT2D eigenvalue weighted by Gasteiger charge is -2.05. The maximum Gasteiger partial charge on any atom is 0.276 e. The number of hydrogen-bond acceptors (Lipinski definition) is 6. The Morgan fingerprint density at radius 1 is 1.10 bits per heavy atom. The molecule has 0 saturated carbocycles. The SMILES string of the molecule is Cc1nnc2ccc(-c3ccc(NC(=O)c4cc(-c5ccco5)[nH]n4)cc3)nn12. The maximum absolute atomic E-state index is 12.5. The van der Waals surface area contributed by atoms with Crippen LogP contribution in [-0.2, 0) is 0 Å². The highest BCUT2D eigenvalue weighted by atomic mass is 16.3. The van der Waals surface area contributed by atoms with Crippen molar-refractivity contribution in [3.63, 3.8) is 0 Å². The fourth-order valence-electron chi connectivity index (χ4n) is 2.97. The van der Waals surface area contributed by atoms with E-state index in [4.69, 9.17) is 4.42 Å². The number of carbonyl (C=O) groups excluding carboxylic acids is 1. The lowest BCUT2D eigenvalue weighted by Crippen LogP contribution is -2.12. The summed E-state index contributed by atoms with van der Waals surface area (Å²) in [5.41, 5.74) is 3.97. The number of amides is 1. The molecule has 2 N–H and O–H groups in total. The van der Waals surface area contributed by atoms with Gasteiger partial charge in [-0.15, -0.1) is 10.2 Å². The van der Waals surface area contributed by atoms with Gasteiger partial charge in [0, 0.05) is 17.3 Å². The predicted molar refractivity (Wildman–Crippen MR) is 105 cm³/mol. The van der Waals surface area contributed by atoms with E-state index in [0.29, 0.717) is 22.8 Å². The van der Waals surface area contributed by atoms with Crippen LogP contribution in [0.1, 0.15) is 16.3 Å². The minimum atomic E-state index is -0.313. The minimum absolute atomic E-state index is 0.274. The Balaban J connectivity index is 1.33. The lowest BCUT2D eigenvalue weighted by atomic mass is 10.1. The Hall–Kier alpha value is -4.27. The van der Waals surface area contributed by atoms with Gasteiger partial charge in [0.2, 0.25) is 0 Å². The standard InChI is InChI=1S/C20H15N7O2/c1-12-22-25-19-9-8-15(26-27(12)19)13-4-6-14(7-5-13)21-20(28)17-11-16(23-24-17)18-3-2-10-29-18/h2-11H,1H3,(H,21,28)(H,23,24). The van der Waals surface area contributed by atoms with E-state index in [-0.39, 0.29) is 11.6 Å². The molecule has 9 heteroatoms. The largest absolute Gasteiger partial charge is 0.463 e. The van der Waals surface area contributed by atoms with Crippen LogP contribution < -0.4 is 5.32 Å². The van der Waals surface area contributed by atoms with Gasteiger partial charge >= 0.3 is 0 Å². The topological polar surface area (TPSA) is 114 Å². The van der Waals surface area contributed by atoms with Crippen molar-refractivity contribution < 1.29 is 9.21 Å². The van der Waals surface area contributed by atoms with Crippen molar-refractivity contribution in [2.75, 3.05) is 5.32 Å². The molecule has 4 heterocycles. The molecule has 29 heavy (non-hydrogen) atoms. The Morgan fingerprint density at radius 2 is 1.97 bits per heavy atom. The van der Waals surface area contributed by atoms with Crippen LogP contribution in [0.3, 0.4) is 0 Å². The number of aromatic nitrogens is 6. The first-order valence-electron chi connectivity index (χ1n) is 8.87. The van der Waals surface area contributed by atoms with Crippen LogP contribution in [0.5, 0.6) is 0 Å². The summed E-state index contributed by atoms with van der Waals surface area (Å²) in [5.74, 6) is 1.03. The van der Waals surface area contributed by atoms with E-state index in [1.807, 2.05) is 43.3 Å². The number of H-pyrrole nitrogens is 1. The summed E-state index contributed by atoms with van der Waals surface area (Å²) in [6.45, 7) is 1.85. The molecule has 5 rings (SSSR count). The van der Waals surface area contributed by atoms with Crippen LogP contribution in [0.25, 0.3) is 28.4 Å². The molecule has 0 radical (unpaired) electrons. The summed E-state index contributed by atoms with van der Waals surface area (Å²) in [4.78, 5) is 12.5. The van der Waals surface area contributed by atoms with Crippen molar-refractivity contribution >= 4 is 17.2 Å². The first-order chi connectivity index (χ1) is 14.2. The van der Waals surface area contributed by atoms with Crippen molar-refractivity contribution in [2.24, 2.45) is 0 Å².